The molecule has 1 atom stereocenters. The third-order valence-corrected chi connectivity index (χ3v) is 5.09. The fourth-order valence-electron chi connectivity index (χ4n) is 2.52. The molecule has 1 N–H and O–H groups in total. The Morgan fingerprint density at radius 2 is 2.18 bits per heavy atom. The van der Waals surface area contributed by atoms with Crippen LogP contribution in [0.25, 0.3) is 0 Å². The van der Waals surface area contributed by atoms with E-state index < -0.39 is 0 Å². The van der Waals surface area contributed by atoms with Crippen molar-refractivity contribution in [3.05, 3.63) is 57.5 Å². The molecule has 2 aromatic rings. The van der Waals surface area contributed by atoms with E-state index in [0.29, 0.717) is 17.5 Å². The molecule has 0 radical (unpaired) electrons. The van der Waals surface area contributed by atoms with Crippen LogP contribution in [-0.4, -0.2) is 10.9 Å². The van der Waals surface area contributed by atoms with Crippen molar-refractivity contribution in [1.29, 1.82) is 0 Å². The van der Waals surface area contributed by atoms with Crippen molar-refractivity contribution < 1.29 is 4.79 Å². The average molecular weight is 377 g/mol. The number of hydrogen-bond donors (Lipinski definition) is 1. The molecule has 0 unspecified atom stereocenters. The smallest absolute Gasteiger partial charge is 0.226 e. The molecule has 0 spiro atoms. The van der Waals surface area contributed by atoms with Gasteiger partial charge in [0.1, 0.15) is 0 Å². The molecular formula is C17H17BrN2OS. The Labute approximate surface area is 142 Å². The minimum absolute atomic E-state index is 0.0566. The van der Waals surface area contributed by atoms with Gasteiger partial charge in [0.25, 0.3) is 0 Å². The van der Waals surface area contributed by atoms with Crippen LogP contribution in [0.2, 0.25) is 0 Å². The fourth-order valence-corrected chi connectivity index (χ4v) is 3.65. The van der Waals surface area contributed by atoms with E-state index in [9.17, 15) is 4.79 Å². The van der Waals surface area contributed by atoms with Gasteiger partial charge in [0, 0.05) is 28.4 Å². The van der Waals surface area contributed by atoms with Crippen LogP contribution >= 0.6 is 27.3 Å². The minimum Gasteiger partial charge on any atom is -0.302 e. The maximum atomic E-state index is 12.0. The van der Waals surface area contributed by atoms with Crippen LogP contribution in [0.15, 0.2) is 47.1 Å². The van der Waals surface area contributed by atoms with Crippen molar-refractivity contribution in [2.45, 2.75) is 25.7 Å². The van der Waals surface area contributed by atoms with E-state index >= 15 is 0 Å². The normalized spacial score (nSPS) is 16.9. The number of thiazole rings is 1. The predicted octanol–water partition coefficient (Wildman–Crippen LogP) is 4.79. The second kappa shape index (κ2) is 7.20. The van der Waals surface area contributed by atoms with Gasteiger partial charge >= 0.3 is 0 Å². The molecule has 0 fully saturated rings. The number of carbonyl (C=O) groups is 1. The first kappa shape index (κ1) is 15.4. The Kier molecular flexibility index (Phi) is 5.05. The Balaban J connectivity index is 1.55. The second-order valence-corrected chi connectivity index (χ2v) is 7.48. The monoisotopic (exact) mass is 376 g/mol. The van der Waals surface area contributed by atoms with Crippen molar-refractivity contribution in [1.82, 2.24) is 4.98 Å². The molecule has 0 aliphatic heterocycles. The quantitative estimate of drug-likeness (QED) is 0.762. The van der Waals surface area contributed by atoms with E-state index in [0.717, 1.165) is 28.6 Å². The van der Waals surface area contributed by atoms with E-state index in [1.807, 2.05) is 18.3 Å². The topological polar surface area (TPSA) is 42.0 Å². The Morgan fingerprint density at radius 1 is 1.36 bits per heavy atom. The van der Waals surface area contributed by atoms with Crippen LogP contribution in [0, 0.1) is 5.92 Å². The number of amides is 1. The molecule has 1 aromatic heterocycles. The molecule has 1 amide bonds. The van der Waals surface area contributed by atoms with Gasteiger partial charge in [-0.1, -0.05) is 40.2 Å². The molecule has 5 heteroatoms. The van der Waals surface area contributed by atoms with Crippen LogP contribution < -0.4 is 5.32 Å². The summed E-state index contributed by atoms with van der Waals surface area (Å²) in [7, 11) is 0. The van der Waals surface area contributed by atoms with Crippen molar-refractivity contribution in [3.8, 4) is 0 Å². The van der Waals surface area contributed by atoms with E-state index in [1.54, 1.807) is 11.3 Å². The molecule has 1 heterocycles. The first-order valence-electron chi connectivity index (χ1n) is 7.35. The lowest BCUT2D eigenvalue weighted by Gasteiger charge is -2.06. The van der Waals surface area contributed by atoms with Crippen molar-refractivity contribution in [2.75, 3.05) is 5.32 Å². The molecule has 3 rings (SSSR count). The predicted molar refractivity (Wildman–Crippen MR) is 94.2 cm³/mol. The zero-order chi connectivity index (χ0) is 15.4. The first-order chi connectivity index (χ1) is 10.7. The number of allylic oxidation sites excluding steroid dienone is 2. The lowest BCUT2D eigenvalue weighted by Crippen LogP contribution is -2.14. The summed E-state index contributed by atoms with van der Waals surface area (Å²) in [6.45, 7) is 0. The molecule has 22 heavy (non-hydrogen) atoms. The van der Waals surface area contributed by atoms with Gasteiger partial charge in [-0.05, 0) is 36.5 Å². The molecule has 3 nitrogen and oxygen atoms in total. The van der Waals surface area contributed by atoms with Gasteiger partial charge in [-0.25, -0.2) is 4.98 Å². The number of rotatable bonds is 5. The standard InChI is InChI=1S/C17H17BrN2OS/c18-14-7-5-13(6-8-14)9-15-11-19-17(22-15)20-16(21)10-12-3-1-2-4-12/h1,3,5-8,11-12H,2,4,9-10H2,(H,19,20,21)/t12-/m0/s1. The number of hydrogen-bond acceptors (Lipinski definition) is 3. The summed E-state index contributed by atoms with van der Waals surface area (Å²) in [5.41, 5.74) is 1.24. The third-order valence-electron chi connectivity index (χ3n) is 3.65. The Bertz CT molecular complexity index is 678. The number of nitrogens with zero attached hydrogens (tertiary/aromatic N) is 1. The first-order valence-corrected chi connectivity index (χ1v) is 8.95. The molecule has 0 saturated heterocycles. The number of aromatic nitrogens is 1. The zero-order valence-corrected chi connectivity index (χ0v) is 14.5. The van der Waals surface area contributed by atoms with Gasteiger partial charge in [-0.3, -0.25) is 4.79 Å². The van der Waals surface area contributed by atoms with E-state index in [-0.39, 0.29) is 5.91 Å². The summed E-state index contributed by atoms with van der Waals surface area (Å²) in [6.07, 6.45) is 9.70. The highest BCUT2D eigenvalue weighted by Gasteiger charge is 2.15. The molecule has 1 aliphatic carbocycles. The van der Waals surface area contributed by atoms with Gasteiger partial charge in [0.05, 0.1) is 0 Å². The van der Waals surface area contributed by atoms with Gasteiger partial charge in [-0.15, -0.1) is 11.3 Å². The van der Waals surface area contributed by atoms with Crippen molar-refractivity contribution >= 4 is 38.3 Å². The maximum Gasteiger partial charge on any atom is 0.226 e. The van der Waals surface area contributed by atoms with Crippen LogP contribution in [-0.2, 0) is 11.2 Å². The highest BCUT2D eigenvalue weighted by molar-refractivity contribution is 9.10. The fraction of sp³-hybridized carbons (Fsp3) is 0.294. The summed E-state index contributed by atoms with van der Waals surface area (Å²) in [5, 5.41) is 3.60. The van der Waals surface area contributed by atoms with Crippen molar-refractivity contribution in [3.63, 3.8) is 0 Å². The molecule has 0 bridgehead atoms. The number of halogens is 1. The highest BCUT2D eigenvalue weighted by atomic mass is 79.9. The molecule has 0 saturated carbocycles. The van der Waals surface area contributed by atoms with Gasteiger partial charge in [0.2, 0.25) is 5.91 Å². The van der Waals surface area contributed by atoms with Gasteiger partial charge in [0.15, 0.2) is 5.13 Å². The number of anilines is 1. The third kappa shape index (κ3) is 4.27. The van der Waals surface area contributed by atoms with Crippen LogP contribution in [0.1, 0.15) is 29.7 Å². The second-order valence-electron chi connectivity index (χ2n) is 5.45. The molecule has 1 aromatic carbocycles. The largest absolute Gasteiger partial charge is 0.302 e. The van der Waals surface area contributed by atoms with Crippen LogP contribution in [0.4, 0.5) is 5.13 Å². The summed E-state index contributed by atoms with van der Waals surface area (Å²) in [4.78, 5) is 17.4. The highest BCUT2D eigenvalue weighted by Crippen LogP contribution is 2.24. The van der Waals surface area contributed by atoms with Gasteiger partial charge < -0.3 is 5.32 Å². The van der Waals surface area contributed by atoms with E-state index in [1.165, 1.54) is 5.56 Å². The van der Waals surface area contributed by atoms with Crippen LogP contribution in [0.3, 0.4) is 0 Å². The lowest BCUT2D eigenvalue weighted by atomic mass is 10.1. The van der Waals surface area contributed by atoms with E-state index in [4.69, 9.17) is 0 Å². The maximum absolute atomic E-state index is 12.0. The molecular weight excluding hydrogens is 360 g/mol. The summed E-state index contributed by atoms with van der Waals surface area (Å²) < 4.78 is 1.08. The van der Waals surface area contributed by atoms with Crippen molar-refractivity contribution in [2.24, 2.45) is 5.92 Å². The summed E-state index contributed by atoms with van der Waals surface area (Å²) in [5.74, 6) is 0.447. The number of nitrogens with one attached hydrogen (secondary N) is 1. The lowest BCUT2D eigenvalue weighted by molar-refractivity contribution is -0.116. The minimum atomic E-state index is 0.0566. The summed E-state index contributed by atoms with van der Waals surface area (Å²) in [6, 6.07) is 8.26. The summed E-state index contributed by atoms with van der Waals surface area (Å²) >= 11 is 4.98. The number of benzene rings is 1. The Hall–Kier alpha value is -1.46. The molecule has 1 aliphatic rings. The average Bonchev–Trinajstić information content (AvgIpc) is 3.14. The van der Waals surface area contributed by atoms with E-state index in [2.05, 4.69) is 50.5 Å². The Morgan fingerprint density at radius 3 is 2.91 bits per heavy atom. The van der Waals surface area contributed by atoms with Gasteiger partial charge in [-0.2, -0.15) is 0 Å². The number of carbonyl (C=O) groups excluding carboxylic acids is 1. The molecule has 114 valence electrons. The zero-order valence-electron chi connectivity index (χ0n) is 12.1. The SMILES string of the molecule is O=C(C[C@H]1C=CCC1)Nc1ncc(Cc2ccc(Br)cc2)s1. The van der Waals surface area contributed by atoms with Crippen LogP contribution in [0.5, 0.6) is 0 Å².